The molecule has 86 valence electrons. The Bertz CT molecular complexity index is 417. The van der Waals surface area contributed by atoms with E-state index in [0.29, 0.717) is 23.6 Å². The Morgan fingerprint density at radius 3 is 2.88 bits per heavy atom. The number of halogens is 1. The lowest BCUT2D eigenvalue weighted by molar-refractivity contribution is 0.0839. The van der Waals surface area contributed by atoms with Crippen molar-refractivity contribution in [3.05, 3.63) is 28.8 Å². The Hall–Kier alpha value is -1.06. The van der Waals surface area contributed by atoms with Crippen molar-refractivity contribution in [1.29, 1.82) is 0 Å². The van der Waals surface area contributed by atoms with E-state index >= 15 is 0 Å². The highest BCUT2D eigenvalue weighted by molar-refractivity contribution is 6.31. The molecule has 1 aliphatic heterocycles. The van der Waals surface area contributed by atoms with Crippen LogP contribution in [0.1, 0.15) is 23.7 Å². The predicted molar refractivity (Wildman–Crippen MR) is 64.3 cm³/mol. The molecule has 1 aromatic rings. The zero-order valence-corrected chi connectivity index (χ0v) is 9.87. The van der Waals surface area contributed by atoms with Crippen LogP contribution in [0.25, 0.3) is 0 Å². The molecule has 0 amide bonds. The molecule has 2 rings (SSSR count). The van der Waals surface area contributed by atoms with Crippen LogP contribution >= 0.6 is 11.6 Å². The quantitative estimate of drug-likeness (QED) is 0.804. The van der Waals surface area contributed by atoms with Crippen molar-refractivity contribution in [2.45, 2.75) is 18.9 Å². The van der Waals surface area contributed by atoms with E-state index in [9.17, 15) is 9.90 Å². The Kier molecular flexibility index (Phi) is 2.91. The number of benzene rings is 1. The molecule has 0 saturated carbocycles. The second kappa shape index (κ2) is 4.07. The van der Waals surface area contributed by atoms with E-state index in [1.165, 1.54) is 0 Å². The van der Waals surface area contributed by atoms with Crippen LogP contribution < -0.4 is 4.90 Å². The summed E-state index contributed by atoms with van der Waals surface area (Å²) in [6.45, 7) is 3.12. The zero-order chi connectivity index (χ0) is 11.8. The fourth-order valence-electron chi connectivity index (χ4n) is 2.06. The summed E-state index contributed by atoms with van der Waals surface area (Å²) in [6, 6.07) is 5.24. The van der Waals surface area contributed by atoms with Crippen LogP contribution in [0.5, 0.6) is 0 Å². The van der Waals surface area contributed by atoms with Crippen molar-refractivity contribution < 1.29 is 9.90 Å². The molecule has 1 unspecified atom stereocenters. The molecule has 1 saturated heterocycles. The van der Waals surface area contributed by atoms with Crippen LogP contribution in [0, 0.1) is 0 Å². The highest BCUT2D eigenvalue weighted by Gasteiger charge is 2.32. The predicted octanol–water partition coefficient (Wildman–Crippen LogP) is 2.11. The largest absolute Gasteiger partial charge is 0.388 e. The van der Waals surface area contributed by atoms with E-state index in [1.54, 1.807) is 12.1 Å². The van der Waals surface area contributed by atoms with Crippen molar-refractivity contribution in [3.8, 4) is 0 Å². The van der Waals surface area contributed by atoms with Crippen molar-refractivity contribution >= 4 is 23.6 Å². The number of aliphatic hydroxyl groups is 1. The van der Waals surface area contributed by atoms with E-state index in [1.807, 2.05) is 17.9 Å². The molecule has 3 nitrogen and oxygen atoms in total. The van der Waals surface area contributed by atoms with Crippen LogP contribution in [0.3, 0.4) is 0 Å². The highest BCUT2D eigenvalue weighted by Crippen LogP contribution is 2.29. The summed E-state index contributed by atoms with van der Waals surface area (Å²) in [5.74, 6) is 0. The normalized spacial score (nSPS) is 24.8. The van der Waals surface area contributed by atoms with Crippen molar-refractivity contribution in [3.63, 3.8) is 0 Å². The van der Waals surface area contributed by atoms with E-state index < -0.39 is 5.60 Å². The molecule has 1 aromatic carbocycles. The van der Waals surface area contributed by atoms with Gasteiger partial charge in [0.1, 0.15) is 0 Å². The molecule has 1 N–H and O–H groups in total. The topological polar surface area (TPSA) is 40.5 Å². The summed E-state index contributed by atoms with van der Waals surface area (Å²) in [4.78, 5) is 13.0. The van der Waals surface area contributed by atoms with Gasteiger partial charge in [0.2, 0.25) is 0 Å². The van der Waals surface area contributed by atoms with Gasteiger partial charge < -0.3 is 10.0 Å². The van der Waals surface area contributed by atoms with E-state index in [2.05, 4.69) is 0 Å². The average Bonchev–Trinajstić information content (AvgIpc) is 2.58. The second-order valence-corrected chi connectivity index (χ2v) is 4.93. The van der Waals surface area contributed by atoms with Gasteiger partial charge in [0.25, 0.3) is 0 Å². The Labute approximate surface area is 99.6 Å². The van der Waals surface area contributed by atoms with Gasteiger partial charge in [-0.2, -0.15) is 0 Å². The third-order valence-electron chi connectivity index (χ3n) is 2.91. The number of rotatable bonds is 2. The molecule has 0 spiro atoms. The molecule has 1 heterocycles. The minimum absolute atomic E-state index is 0.551. The third-order valence-corrected chi connectivity index (χ3v) is 3.14. The summed E-state index contributed by atoms with van der Waals surface area (Å²) in [5.41, 5.74) is 0.752. The molecule has 0 bridgehead atoms. The molecular weight excluding hydrogens is 226 g/mol. The molecular formula is C12H14ClNO2. The van der Waals surface area contributed by atoms with Gasteiger partial charge in [-0.25, -0.2) is 0 Å². The Morgan fingerprint density at radius 2 is 2.31 bits per heavy atom. The summed E-state index contributed by atoms with van der Waals surface area (Å²) in [5, 5.41) is 10.4. The number of carbonyl (C=O) groups excluding carboxylic acids is 1. The molecule has 1 atom stereocenters. The fourth-order valence-corrected chi connectivity index (χ4v) is 2.24. The maximum Gasteiger partial charge on any atom is 0.152 e. The summed E-state index contributed by atoms with van der Waals surface area (Å²) in [7, 11) is 0. The van der Waals surface area contributed by atoms with E-state index in [4.69, 9.17) is 11.6 Å². The first-order valence-corrected chi connectivity index (χ1v) is 5.62. The van der Waals surface area contributed by atoms with Crippen molar-refractivity contribution in [2.24, 2.45) is 0 Å². The van der Waals surface area contributed by atoms with E-state index in [-0.39, 0.29) is 0 Å². The zero-order valence-electron chi connectivity index (χ0n) is 9.11. The van der Waals surface area contributed by atoms with Gasteiger partial charge in [0.15, 0.2) is 6.29 Å². The lowest BCUT2D eigenvalue weighted by atomic mass is 10.1. The monoisotopic (exact) mass is 239 g/mol. The molecule has 1 fully saturated rings. The molecule has 0 radical (unpaired) electrons. The summed E-state index contributed by atoms with van der Waals surface area (Å²) >= 11 is 5.83. The first-order chi connectivity index (χ1) is 7.52. The van der Waals surface area contributed by atoms with Crippen LogP contribution in [0.2, 0.25) is 5.02 Å². The fraction of sp³-hybridized carbons (Fsp3) is 0.417. The van der Waals surface area contributed by atoms with Crippen LogP contribution in [-0.4, -0.2) is 30.1 Å². The standard InChI is InChI=1S/C12H14ClNO2/c1-12(16)4-5-14(8-12)11-3-2-10(13)6-9(11)7-15/h2-3,6-7,16H,4-5,8H2,1H3. The number of hydrogen-bond acceptors (Lipinski definition) is 3. The Balaban J connectivity index is 2.31. The van der Waals surface area contributed by atoms with Gasteiger partial charge in [-0.1, -0.05) is 11.6 Å². The van der Waals surface area contributed by atoms with Crippen LogP contribution in [-0.2, 0) is 0 Å². The second-order valence-electron chi connectivity index (χ2n) is 4.49. The molecule has 1 aliphatic rings. The summed E-state index contributed by atoms with van der Waals surface area (Å²) in [6.07, 6.45) is 1.52. The number of carbonyl (C=O) groups is 1. The van der Waals surface area contributed by atoms with E-state index in [0.717, 1.165) is 18.5 Å². The lowest BCUT2D eigenvalue weighted by Crippen LogP contribution is -2.30. The number of nitrogens with zero attached hydrogens (tertiary/aromatic N) is 1. The van der Waals surface area contributed by atoms with Gasteiger partial charge >= 0.3 is 0 Å². The average molecular weight is 240 g/mol. The summed E-state index contributed by atoms with van der Waals surface area (Å²) < 4.78 is 0. The van der Waals surface area contributed by atoms with Gasteiger partial charge in [0.05, 0.1) is 5.60 Å². The SMILES string of the molecule is CC1(O)CCN(c2ccc(Cl)cc2C=O)C1. The van der Waals surface area contributed by atoms with Crippen LogP contribution in [0.15, 0.2) is 18.2 Å². The first kappa shape index (κ1) is 11.4. The molecule has 0 aliphatic carbocycles. The lowest BCUT2D eigenvalue weighted by Gasteiger charge is -2.22. The molecule has 16 heavy (non-hydrogen) atoms. The number of anilines is 1. The van der Waals surface area contributed by atoms with Crippen molar-refractivity contribution in [2.75, 3.05) is 18.0 Å². The van der Waals surface area contributed by atoms with Gasteiger partial charge in [-0.05, 0) is 31.5 Å². The van der Waals surface area contributed by atoms with Gasteiger partial charge in [-0.15, -0.1) is 0 Å². The third kappa shape index (κ3) is 2.20. The highest BCUT2D eigenvalue weighted by atomic mass is 35.5. The minimum atomic E-state index is -0.667. The van der Waals surface area contributed by atoms with Crippen LogP contribution in [0.4, 0.5) is 5.69 Å². The van der Waals surface area contributed by atoms with Gasteiger partial charge in [-0.3, -0.25) is 4.79 Å². The number of aldehydes is 1. The maximum absolute atomic E-state index is 10.9. The molecule has 0 aromatic heterocycles. The van der Waals surface area contributed by atoms with Gasteiger partial charge in [0, 0.05) is 29.4 Å². The smallest absolute Gasteiger partial charge is 0.152 e. The van der Waals surface area contributed by atoms with Crippen molar-refractivity contribution in [1.82, 2.24) is 0 Å². The first-order valence-electron chi connectivity index (χ1n) is 5.24. The number of hydrogen-bond donors (Lipinski definition) is 1. The minimum Gasteiger partial charge on any atom is -0.388 e. The Morgan fingerprint density at radius 1 is 1.56 bits per heavy atom. The molecule has 4 heteroatoms. The number of β-amino-alcohol motifs (C(OH)–C–C–N with tert-alkyl or cyclic N) is 1. The maximum atomic E-state index is 10.9.